The molecule has 1 N–H and O–H groups in total. The number of nitrogens with zero attached hydrogens (tertiary/aromatic N) is 2. The lowest BCUT2D eigenvalue weighted by Gasteiger charge is -2.36. The van der Waals surface area contributed by atoms with Gasteiger partial charge >= 0.3 is 6.03 Å². The van der Waals surface area contributed by atoms with Gasteiger partial charge in [-0.2, -0.15) is 0 Å². The molecule has 5 nitrogen and oxygen atoms in total. The molecule has 2 amide bonds. The second-order valence-corrected chi connectivity index (χ2v) is 6.93. The van der Waals surface area contributed by atoms with Gasteiger partial charge in [0.1, 0.15) is 0 Å². The maximum absolute atomic E-state index is 12.5. The number of hydrogen-bond donors (Lipinski definition) is 1. The summed E-state index contributed by atoms with van der Waals surface area (Å²) < 4.78 is 0. The van der Waals surface area contributed by atoms with E-state index in [1.165, 1.54) is 6.92 Å². The van der Waals surface area contributed by atoms with Crippen molar-refractivity contribution in [3.05, 3.63) is 58.1 Å². The highest BCUT2D eigenvalue weighted by atomic mass is 35.5. The molecule has 1 aliphatic heterocycles. The van der Waals surface area contributed by atoms with Gasteiger partial charge in [0.15, 0.2) is 5.78 Å². The number of nitrogens with one attached hydrogen (secondary N) is 1. The van der Waals surface area contributed by atoms with E-state index in [4.69, 9.17) is 23.2 Å². The first-order chi connectivity index (χ1) is 12.5. The molecule has 7 heteroatoms. The first kappa shape index (κ1) is 18.5. The number of rotatable bonds is 3. The lowest BCUT2D eigenvalue weighted by atomic mass is 10.1. The van der Waals surface area contributed by atoms with Crippen molar-refractivity contribution >= 4 is 46.4 Å². The van der Waals surface area contributed by atoms with Crippen LogP contribution in [0.15, 0.2) is 42.5 Å². The van der Waals surface area contributed by atoms with Crippen LogP contribution >= 0.6 is 23.2 Å². The van der Waals surface area contributed by atoms with Crippen LogP contribution in [-0.2, 0) is 0 Å². The van der Waals surface area contributed by atoms with Crippen LogP contribution in [-0.4, -0.2) is 42.9 Å². The molecule has 0 radical (unpaired) electrons. The summed E-state index contributed by atoms with van der Waals surface area (Å²) in [6.45, 7) is 3.90. The summed E-state index contributed by atoms with van der Waals surface area (Å²) in [5.74, 6) is -0.0358. The summed E-state index contributed by atoms with van der Waals surface area (Å²) >= 11 is 12.5. The highest BCUT2D eigenvalue weighted by molar-refractivity contribution is 6.39. The van der Waals surface area contributed by atoms with Crippen LogP contribution in [0.25, 0.3) is 0 Å². The van der Waals surface area contributed by atoms with Crippen molar-refractivity contribution in [1.82, 2.24) is 4.90 Å². The van der Waals surface area contributed by atoms with Crippen LogP contribution in [0.1, 0.15) is 17.3 Å². The van der Waals surface area contributed by atoms with Gasteiger partial charge in [-0.15, -0.1) is 0 Å². The van der Waals surface area contributed by atoms with Crippen molar-refractivity contribution in [1.29, 1.82) is 0 Å². The summed E-state index contributed by atoms with van der Waals surface area (Å²) in [6.07, 6.45) is 0. The average molecular weight is 392 g/mol. The lowest BCUT2D eigenvalue weighted by Crippen LogP contribution is -2.50. The Morgan fingerprint density at radius 2 is 1.58 bits per heavy atom. The van der Waals surface area contributed by atoms with Gasteiger partial charge in [-0.1, -0.05) is 41.4 Å². The third-order valence-electron chi connectivity index (χ3n) is 4.34. The van der Waals surface area contributed by atoms with Gasteiger partial charge < -0.3 is 15.1 Å². The molecule has 0 saturated carbocycles. The van der Waals surface area contributed by atoms with E-state index in [2.05, 4.69) is 10.2 Å². The molecular formula is C19H19Cl2N3O2. The first-order valence-corrected chi connectivity index (χ1v) is 9.07. The Morgan fingerprint density at radius 3 is 2.19 bits per heavy atom. The number of Topliss-reactive ketones (excluding diaryl/α,β-unsaturated/α-hetero) is 1. The van der Waals surface area contributed by atoms with E-state index in [1.54, 1.807) is 29.2 Å². The van der Waals surface area contributed by atoms with Gasteiger partial charge in [-0.3, -0.25) is 4.79 Å². The molecule has 0 spiro atoms. The van der Waals surface area contributed by atoms with E-state index < -0.39 is 0 Å². The summed E-state index contributed by atoms with van der Waals surface area (Å²) in [5, 5.41) is 4.06. The molecule has 2 aromatic carbocycles. The number of ketones is 1. The summed E-state index contributed by atoms with van der Waals surface area (Å²) in [6, 6.07) is 12.2. The maximum Gasteiger partial charge on any atom is 0.321 e. The van der Waals surface area contributed by atoms with E-state index in [-0.39, 0.29) is 11.8 Å². The zero-order valence-electron chi connectivity index (χ0n) is 14.3. The van der Waals surface area contributed by atoms with Gasteiger partial charge in [-0.05, 0) is 31.2 Å². The predicted octanol–water partition coefficient (Wildman–Crippen LogP) is 4.55. The third-order valence-corrected chi connectivity index (χ3v) is 4.95. The highest BCUT2D eigenvalue weighted by Crippen LogP contribution is 2.34. The number of benzene rings is 2. The van der Waals surface area contributed by atoms with Crippen molar-refractivity contribution in [2.75, 3.05) is 36.4 Å². The van der Waals surface area contributed by atoms with E-state index in [1.807, 2.05) is 18.2 Å². The van der Waals surface area contributed by atoms with E-state index in [0.29, 0.717) is 47.5 Å². The molecule has 0 unspecified atom stereocenters. The average Bonchev–Trinajstić information content (AvgIpc) is 2.62. The Morgan fingerprint density at radius 1 is 0.962 bits per heavy atom. The monoisotopic (exact) mass is 391 g/mol. The largest absolute Gasteiger partial charge is 0.366 e. The second-order valence-electron chi connectivity index (χ2n) is 6.11. The van der Waals surface area contributed by atoms with Crippen LogP contribution in [0.3, 0.4) is 0 Å². The molecule has 0 bridgehead atoms. The zero-order valence-corrected chi connectivity index (χ0v) is 15.8. The van der Waals surface area contributed by atoms with Gasteiger partial charge in [0.05, 0.1) is 15.7 Å². The topological polar surface area (TPSA) is 52.7 Å². The Bertz CT molecular complexity index is 813. The molecule has 1 aliphatic rings. The van der Waals surface area contributed by atoms with Crippen LogP contribution in [0.4, 0.5) is 16.2 Å². The number of halogens is 2. The van der Waals surface area contributed by atoms with E-state index in [9.17, 15) is 9.59 Å². The van der Waals surface area contributed by atoms with E-state index in [0.717, 1.165) is 5.69 Å². The lowest BCUT2D eigenvalue weighted by molar-refractivity contribution is 0.101. The minimum atomic E-state index is -0.185. The molecule has 0 atom stereocenters. The molecule has 3 rings (SSSR count). The minimum absolute atomic E-state index is 0.0358. The second kappa shape index (κ2) is 7.98. The summed E-state index contributed by atoms with van der Waals surface area (Å²) in [4.78, 5) is 27.8. The standard InChI is InChI=1S/C19H19Cl2N3O2/c1-13(25)14-4-2-5-15(12-14)22-19(26)24-10-8-23(9-11-24)18-16(20)6-3-7-17(18)21/h2-7,12H,8-11H2,1H3,(H,22,26). The highest BCUT2D eigenvalue weighted by Gasteiger charge is 2.23. The van der Waals surface area contributed by atoms with Crippen LogP contribution in [0.5, 0.6) is 0 Å². The summed E-state index contributed by atoms with van der Waals surface area (Å²) in [7, 11) is 0. The Labute approximate surface area is 162 Å². The molecule has 1 saturated heterocycles. The molecule has 1 fully saturated rings. The predicted molar refractivity (Wildman–Crippen MR) is 106 cm³/mol. The third kappa shape index (κ3) is 4.11. The fraction of sp³-hybridized carbons (Fsp3) is 0.263. The number of amides is 2. The Hall–Kier alpha value is -2.24. The number of carbonyl (C=O) groups is 2. The van der Waals surface area contributed by atoms with Crippen molar-refractivity contribution in [2.24, 2.45) is 0 Å². The SMILES string of the molecule is CC(=O)c1cccc(NC(=O)N2CCN(c3c(Cl)cccc3Cl)CC2)c1. The molecule has 0 aliphatic carbocycles. The molecule has 0 aromatic heterocycles. The van der Waals surface area contributed by atoms with Crippen molar-refractivity contribution in [3.8, 4) is 0 Å². The Kier molecular flexibility index (Phi) is 5.69. The fourth-order valence-corrected chi connectivity index (χ4v) is 3.58. The number of piperazine rings is 1. The van der Waals surface area contributed by atoms with Crippen LogP contribution < -0.4 is 10.2 Å². The number of anilines is 2. The Balaban J connectivity index is 1.62. The number of hydrogen-bond acceptors (Lipinski definition) is 3. The molecule has 26 heavy (non-hydrogen) atoms. The van der Waals surface area contributed by atoms with Crippen molar-refractivity contribution in [3.63, 3.8) is 0 Å². The smallest absolute Gasteiger partial charge is 0.321 e. The number of urea groups is 1. The number of carbonyl (C=O) groups excluding carboxylic acids is 2. The van der Waals surface area contributed by atoms with Crippen molar-refractivity contribution < 1.29 is 9.59 Å². The van der Waals surface area contributed by atoms with E-state index >= 15 is 0 Å². The fourth-order valence-electron chi connectivity index (χ4n) is 2.94. The normalized spacial score (nSPS) is 14.3. The molecule has 2 aromatic rings. The van der Waals surface area contributed by atoms with Crippen LogP contribution in [0, 0.1) is 0 Å². The van der Waals surface area contributed by atoms with Gasteiger partial charge in [0, 0.05) is 37.4 Å². The van der Waals surface area contributed by atoms with Crippen LogP contribution in [0.2, 0.25) is 10.0 Å². The quantitative estimate of drug-likeness (QED) is 0.780. The zero-order chi connectivity index (χ0) is 18.7. The van der Waals surface area contributed by atoms with Gasteiger partial charge in [0.2, 0.25) is 0 Å². The van der Waals surface area contributed by atoms with Gasteiger partial charge in [0.25, 0.3) is 0 Å². The van der Waals surface area contributed by atoms with Gasteiger partial charge in [-0.25, -0.2) is 4.79 Å². The molecule has 1 heterocycles. The first-order valence-electron chi connectivity index (χ1n) is 8.31. The minimum Gasteiger partial charge on any atom is -0.366 e. The summed E-state index contributed by atoms with van der Waals surface area (Å²) in [5.41, 5.74) is 1.99. The maximum atomic E-state index is 12.5. The van der Waals surface area contributed by atoms with Crippen molar-refractivity contribution in [2.45, 2.75) is 6.92 Å². The molecule has 136 valence electrons. The number of para-hydroxylation sites is 1. The molecular weight excluding hydrogens is 373 g/mol.